The average molecular weight is 280 g/mol. The zero-order valence-electron chi connectivity index (χ0n) is 11.6. The molecule has 4 N–H and O–H groups in total. The zero-order chi connectivity index (χ0) is 15.8. The topological polar surface area (TPSA) is 129 Å². The number of likely N-dealkylation sites (N-methyl/N-ethyl adjacent to an activating group) is 2. The van der Waals surface area contributed by atoms with Gasteiger partial charge in [-0.3, -0.25) is 20.4 Å². The van der Waals surface area contributed by atoms with Crippen LogP contribution in [0.25, 0.3) is 0 Å². The van der Waals surface area contributed by atoms with Crippen molar-refractivity contribution in [3.8, 4) is 0 Å². The molecule has 0 heterocycles. The number of hydrogen-bond acceptors (Lipinski definition) is 6. The lowest BCUT2D eigenvalue weighted by Crippen LogP contribution is -2.38. The summed E-state index contributed by atoms with van der Waals surface area (Å²) in [5, 5.41) is 35.2. The number of nitrogens with one attached hydrogen (secondary N) is 2. The average Bonchev–Trinajstić information content (AvgIpc) is 2.36. The molecule has 0 bridgehead atoms. The Morgan fingerprint density at radius 1 is 0.800 bits per heavy atom. The Morgan fingerprint density at radius 3 is 1.25 bits per heavy atom. The molecule has 0 aliphatic heterocycles. The van der Waals surface area contributed by atoms with Gasteiger partial charge in [-0.2, -0.15) is 0 Å². The van der Waals surface area contributed by atoms with Crippen LogP contribution in [-0.4, -0.2) is 71.4 Å². The maximum atomic E-state index is 11.9. The molecule has 0 aromatic rings. The van der Waals surface area contributed by atoms with Crippen molar-refractivity contribution < 1.29 is 19.8 Å². The van der Waals surface area contributed by atoms with E-state index in [1.165, 1.54) is 28.2 Å². The fourth-order valence-electron chi connectivity index (χ4n) is 1.59. The van der Waals surface area contributed by atoms with Crippen molar-refractivity contribution in [2.75, 3.05) is 28.2 Å². The normalized spacial score (nSPS) is 15.6. The Hall–Kier alpha value is -2.64. The third-order valence-corrected chi connectivity index (χ3v) is 2.69. The molecule has 0 atom stereocenters. The highest BCUT2D eigenvalue weighted by atomic mass is 16.3. The molecule has 2 amide bonds. The van der Waals surface area contributed by atoms with Gasteiger partial charge in [-0.1, -0.05) is 0 Å². The van der Waals surface area contributed by atoms with Crippen LogP contribution in [0, 0.1) is 10.8 Å². The molecule has 0 fully saturated rings. The maximum absolute atomic E-state index is 11.9. The van der Waals surface area contributed by atoms with Gasteiger partial charge in [0.1, 0.15) is 22.6 Å². The van der Waals surface area contributed by atoms with Gasteiger partial charge in [0.2, 0.25) is 0 Å². The zero-order valence-corrected chi connectivity index (χ0v) is 11.6. The fraction of sp³-hybridized carbons (Fsp3) is 0.333. The standard InChI is InChI=1S/C12H16N4O4/c1-15(2)11(19)5-7(13)10(18)6(8(14)9(5)17)12(20)16(3)4/h13-14,17-18H,1-4H3. The summed E-state index contributed by atoms with van der Waals surface area (Å²) in [7, 11) is 5.61. The third kappa shape index (κ3) is 2.27. The molecule has 0 spiro atoms. The van der Waals surface area contributed by atoms with Gasteiger partial charge in [0.25, 0.3) is 11.8 Å². The highest BCUT2D eigenvalue weighted by Crippen LogP contribution is 2.24. The van der Waals surface area contributed by atoms with E-state index in [9.17, 15) is 19.8 Å². The third-order valence-electron chi connectivity index (χ3n) is 2.69. The first-order chi connectivity index (χ1) is 9.11. The summed E-state index contributed by atoms with van der Waals surface area (Å²) in [6.45, 7) is 0. The van der Waals surface area contributed by atoms with Gasteiger partial charge in [-0.25, -0.2) is 0 Å². The molecule has 1 rings (SSSR count). The Morgan fingerprint density at radius 2 is 1.05 bits per heavy atom. The molecule has 1 aliphatic rings. The maximum Gasteiger partial charge on any atom is 0.259 e. The summed E-state index contributed by atoms with van der Waals surface area (Å²) in [5.41, 5.74) is -2.37. The van der Waals surface area contributed by atoms with Crippen LogP contribution in [0.15, 0.2) is 22.7 Å². The summed E-state index contributed by atoms with van der Waals surface area (Å²) in [4.78, 5) is 25.9. The fourth-order valence-corrected chi connectivity index (χ4v) is 1.59. The van der Waals surface area contributed by atoms with Gasteiger partial charge in [0, 0.05) is 28.2 Å². The molecule has 8 nitrogen and oxygen atoms in total. The van der Waals surface area contributed by atoms with E-state index in [1.54, 1.807) is 0 Å². The number of carbonyl (C=O) groups excluding carboxylic acids is 2. The minimum absolute atomic E-state index is 0.507. The van der Waals surface area contributed by atoms with Crippen molar-refractivity contribution in [1.29, 1.82) is 10.8 Å². The molecule has 0 unspecified atom stereocenters. The molecule has 1 aliphatic carbocycles. The molecule has 0 aromatic heterocycles. The molecule has 8 heteroatoms. The van der Waals surface area contributed by atoms with E-state index in [0.29, 0.717) is 0 Å². The van der Waals surface area contributed by atoms with Gasteiger partial charge >= 0.3 is 0 Å². The van der Waals surface area contributed by atoms with E-state index in [4.69, 9.17) is 10.8 Å². The second-order valence-electron chi connectivity index (χ2n) is 4.60. The second kappa shape index (κ2) is 5.16. The van der Waals surface area contributed by atoms with E-state index < -0.39 is 45.9 Å². The van der Waals surface area contributed by atoms with Crippen LogP contribution in [0.5, 0.6) is 0 Å². The van der Waals surface area contributed by atoms with Crippen molar-refractivity contribution in [2.24, 2.45) is 0 Å². The van der Waals surface area contributed by atoms with Gasteiger partial charge < -0.3 is 20.0 Å². The van der Waals surface area contributed by atoms with Crippen LogP contribution in [0.2, 0.25) is 0 Å². The van der Waals surface area contributed by atoms with Crippen LogP contribution < -0.4 is 0 Å². The lowest BCUT2D eigenvalue weighted by Gasteiger charge is -2.23. The van der Waals surface area contributed by atoms with Crippen LogP contribution in [-0.2, 0) is 9.59 Å². The largest absolute Gasteiger partial charge is 0.505 e. The number of nitrogens with zero attached hydrogens (tertiary/aromatic N) is 2. The number of aliphatic hydroxyl groups is 2. The van der Waals surface area contributed by atoms with Crippen molar-refractivity contribution >= 4 is 23.2 Å². The molecule has 0 aromatic carbocycles. The SMILES string of the molecule is CN(C)C(=O)C1=C(O)C(=N)C(C(=O)N(C)C)=C(O)C1=N. The lowest BCUT2D eigenvalue weighted by molar-refractivity contribution is -0.125. The van der Waals surface area contributed by atoms with Crippen molar-refractivity contribution in [3.63, 3.8) is 0 Å². The van der Waals surface area contributed by atoms with E-state index >= 15 is 0 Å². The van der Waals surface area contributed by atoms with Crippen molar-refractivity contribution in [2.45, 2.75) is 0 Å². The van der Waals surface area contributed by atoms with E-state index in [2.05, 4.69) is 0 Å². The monoisotopic (exact) mass is 280 g/mol. The first-order valence-corrected chi connectivity index (χ1v) is 5.59. The molecule has 108 valence electrons. The summed E-state index contributed by atoms with van der Waals surface area (Å²) >= 11 is 0. The summed E-state index contributed by atoms with van der Waals surface area (Å²) in [6.07, 6.45) is 0. The second-order valence-corrected chi connectivity index (χ2v) is 4.60. The Labute approximate surface area is 115 Å². The minimum atomic E-state index is -0.795. The number of aliphatic hydroxyl groups excluding tert-OH is 2. The summed E-state index contributed by atoms with van der Waals surface area (Å²) in [5.74, 6) is -3.06. The number of rotatable bonds is 2. The first kappa shape index (κ1) is 15.4. The smallest absolute Gasteiger partial charge is 0.259 e. The minimum Gasteiger partial charge on any atom is -0.505 e. The predicted octanol–water partition coefficient (Wildman–Crippen LogP) is -0.160. The van der Waals surface area contributed by atoms with Gasteiger partial charge in [0.05, 0.1) is 0 Å². The molecule has 0 saturated carbocycles. The Balaban J connectivity index is 3.43. The van der Waals surface area contributed by atoms with Crippen molar-refractivity contribution in [1.82, 2.24) is 9.80 Å². The molecular formula is C12H16N4O4. The quantitative estimate of drug-likeness (QED) is 0.524. The molecule has 0 saturated heterocycles. The number of hydrogen-bond donors (Lipinski definition) is 4. The van der Waals surface area contributed by atoms with E-state index in [0.717, 1.165) is 9.80 Å². The van der Waals surface area contributed by atoms with Gasteiger partial charge in [-0.15, -0.1) is 0 Å². The van der Waals surface area contributed by atoms with Crippen molar-refractivity contribution in [3.05, 3.63) is 22.7 Å². The van der Waals surface area contributed by atoms with Gasteiger partial charge in [-0.05, 0) is 0 Å². The first-order valence-electron chi connectivity index (χ1n) is 5.59. The van der Waals surface area contributed by atoms with Gasteiger partial charge in [0.15, 0.2) is 11.5 Å². The highest BCUT2D eigenvalue weighted by Gasteiger charge is 2.37. The molecular weight excluding hydrogens is 264 g/mol. The lowest BCUT2D eigenvalue weighted by atomic mass is 9.91. The van der Waals surface area contributed by atoms with E-state index in [-0.39, 0.29) is 0 Å². The number of carbonyl (C=O) groups is 2. The highest BCUT2D eigenvalue weighted by molar-refractivity contribution is 6.40. The predicted molar refractivity (Wildman–Crippen MR) is 72.2 cm³/mol. The Kier molecular flexibility index (Phi) is 3.97. The number of allylic oxidation sites excluding steroid dienone is 2. The number of amides is 2. The Bertz CT molecular complexity index is 532. The molecule has 0 radical (unpaired) electrons. The molecule has 20 heavy (non-hydrogen) atoms. The van der Waals surface area contributed by atoms with Crippen LogP contribution in [0.3, 0.4) is 0 Å². The summed E-state index contributed by atoms with van der Waals surface area (Å²) < 4.78 is 0. The summed E-state index contributed by atoms with van der Waals surface area (Å²) in [6, 6.07) is 0. The van der Waals surface area contributed by atoms with Crippen LogP contribution >= 0.6 is 0 Å². The van der Waals surface area contributed by atoms with E-state index in [1.807, 2.05) is 0 Å². The van der Waals surface area contributed by atoms with Crippen LogP contribution in [0.4, 0.5) is 0 Å². The van der Waals surface area contributed by atoms with Crippen LogP contribution in [0.1, 0.15) is 0 Å².